The summed E-state index contributed by atoms with van der Waals surface area (Å²) in [5, 5.41) is 0.592. The maximum absolute atomic E-state index is 10.3. The van der Waals surface area contributed by atoms with Gasteiger partial charge in [0.25, 0.3) is 0 Å². The Bertz CT molecular complexity index is 316. The standard InChI is InChI=1S/C7H8ClNO2S/c1-5-4-6(8)2-3-7(5)9-12(10)11/h2-4,9H,1H3,(H,10,11)/p-1. The molecule has 12 heavy (non-hydrogen) atoms. The minimum absolute atomic E-state index is 0.549. The summed E-state index contributed by atoms with van der Waals surface area (Å²) in [6.45, 7) is 1.78. The minimum atomic E-state index is -2.28. The largest absolute Gasteiger partial charge is 0.755 e. The number of hydrogen-bond donors (Lipinski definition) is 1. The fraction of sp³-hybridized carbons (Fsp3) is 0.143. The molecule has 1 aromatic carbocycles. The van der Waals surface area contributed by atoms with Crippen LogP contribution in [0.3, 0.4) is 0 Å². The molecule has 0 amide bonds. The first-order valence-corrected chi connectivity index (χ1v) is 4.67. The van der Waals surface area contributed by atoms with Crippen molar-refractivity contribution >= 4 is 28.6 Å². The molecule has 0 bridgehead atoms. The van der Waals surface area contributed by atoms with Crippen LogP contribution in [0.15, 0.2) is 18.2 Å². The van der Waals surface area contributed by atoms with E-state index in [0.29, 0.717) is 10.7 Å². The fourth-order valence-corrected chi connectivity index (χ4v) is 1.47. The van der Waals surface area contributed by atoms with Crippen LogP contribution in [0.4, 0.5) is 5.69 Å². The topological polar surface area (TPSA) is 52.2 Å². The van der Waals surface area contributed by atoms with Gasteiger partial charge >= 0.3 is 0 Å². The van der Waals surface area contributed by atoms with Crippen molar-refractivity contribution in [2.24, 2.45) is 0 Å². The zero-order chi connectivity index (χ0) is 9.14. The third kappa shape index (κ3) is 2.48. The number of halogens is 1. The van der Waals surface area contributed by atoms with Crippen LogP contribution in [0.5, 0.6) is 0 Å². The van der Waals surface area contributed by atoms with E-state index in [2.05, 4.69) is 4.72 Å². The summed E-state index contributed by atoms with van der Waals surface area (Å²) < 4.78 is 22.8. The van der Waals surface area contributed by atoms with Crippen LogP contribution in [0.25, 0.3) is 0 Å². The number of aryl methyl sites for hydroxylation is 1. The Morgan fingerprint density at radius 1 is 1.58 bits per heavy atom. The van der Waals surface area contributed by atoms with Gasteiger partial charge in [0.1, 0.15) is 0 Å². The van der Waals surface area contributed by atoms with Crippen LogP contribution in [0.2, 0.25) is 5.02 Å². The molecule has 0 radical (unpaired) electrons. The Labute approximate surface area is 78.2 Å². The average molecular weight is 205 g/mol. The third-order valence-corrected chi connectivity index (χ3v) is 2.00. The average Bonchev–Trinajstić information content (AvgIpc) is 1.94. The Hall–Kier alpha value is -0.580. The lowest BCUT2D eigenvalue weighted by Crippen LogP contribution is -2.03. The lowest BCUT2D eigenvalue weighted by atomic mass is 10.2. The van der Waals surface area contributed by atoms with E-state index < -0.39 is 11.3 Å². The van der Waals surface area contributed by atoms with Gasteiger partial charge in [-0.3, -0.25) is 4.21 Å². The molecule has 1 atom stereocenters. The molecular formula is C7H7ClNO2S-. The second-order valence-corrected chi connectivity index (χ2v) is 3.41. The van der Waals surface area contributed by atoms with Crippen molar-refractivity contribution in [3.05, 3.63) is 28.8 Å². The molecule has 1 rings (SSSR count). The van der Waals surface area contributed by atoms with Gasteiger partial charge in [-0.2, -0.15) is 0 Å². The van der Waals surface area contributed by atoms with E-state index in [4.69, 9.17) is 11.6 Å². The summed E-state index contributed by atoms with van der Waals surface area (Å²) in [5.74, 6) is 0. The van der Waals surface area contributed by atoms with Crippen LogP contribution in [-0.2, 0) is 11.3 Å². The van der Waals surface area contributed by atoms with Crippen molar-refractivity contribution in [2.75, 3.05) is 4.72 Å². The van der Waals surface area contributed by atoms with Crippen molar-refractivity contribution < 1.29 is 8.76 Å². The lowest BCUT2D eigenvalue weighted by Gasteiger charge is -2.10. The Morgan fingerprint density at radius 2 is 2.25 bits per heavy atom. The van der Waals surface area contributed by atoms with Gasteiger partial charge in [0.05, 0.1) is 0 Å². The monoisotopic (exact) mass is 204 g/mol. The second-order valence-electron chi connectivity index (χ2n) is 2.30. The van der Waals surface area contributed by atoms with Gasteiger partial charge in [0.2, 0.25) is 0 Å². The first-order valence-electron chi connectivity index (χ1n) is 3.21. The summed E-state index contributed by atoms with van der Waals surface area (Å²) in [6, 6.07) is 4.94. The first kappa shape index (κ1) is 9.51. The van der Waals surface area contributed by atoms with Gasteiger partial charge in [-0.25, -0.2) is 0 Å². The normalized spacial score (nSPS) is 12.6. The Morgan fingerprint density at radius 3 is 2.75 bits per heavy atom. The lowest BCUT2D eigenvalue weighted by molar-refractivity contribution is 0.542. The molecule has 0 spiro atoms. The van der Waals surface area contributed by atoms with Crippen molar-refractivity contribution in [3.8, 4) is 0 Å². The zero-order valence-corrected chi connectivity index (χ0v) is 7.91. The molecule has 0 saturated heterocycles. The van der Waals surface area contributed by atoms with E-state index in [1.165, 1.54) is 0 Å². The predicted molar refractivity (Wildman–Crippen MR) is 48.7 cm³/mol. The van der Waals surface area contributed by atoms with E-state index in [9.17, 15) is 8.76 Å². The van der Waals surface area contributed by atoms with Gasteiger partial charge < -0.3 is 9.27 Å². The fourth-order valence-electron chi connectivity index (χ4n) is 0.831. The van der Waals surface area contributed by atoms with Crippen LogP contribution in [-0.4, -0.2) is 8.76 Å². The highest BCUT2D eigenvalue weighted by Gasteiger charge is 1.97. The molecule has 0 aliphatic rings. The molecule has 0 aliphatic heterocycles. The van der Waals surface area contributed by atoms with E-state index in [1.807, 2.05) is 0 Å². The molecule has 1 unspecified atom stereocenters. The summed E-state index contributed by atoms with van der Waals surface area (Å²) in [7, 11) is 0. The van der Waals surface area contributed by atoms with Gasteiger partial charge in [0, 0.05) is 22.0 Å². The second kappa shape index (κ2) is 3.89. The van der Waals surface area contributed by atoms with Crippen molar-refractivity contribution in [3.63, 3.8) is 0 Å². The SMILES string of the molecule is Cc1cc(Cl)ccc1NS(=O)[O-]. The molecule has 0 aromatic heterocycles. The highest BCUT2D eigenvalue weighted by atomic mass is 35.5. The summed E-state index contributed by atoms with van der Waals surface area (Å²) in [5.41, 5.74) is 1.35. The molecule has 1 aromatic rings. The van der Waals surface area contributed by atoms with Gasteiger partial charge in [-0.15, -0.1) is 0 Å². The molecular weight excluding hydrogens is 198 g/mol. The van der Waals surface area contributed by atoms with E-state index in [0.717, 1.165) is 5.56 Å². The van der Waals surface area contributed by atoms with Crippen molar-refractivity contribution in [1.29, 1.82) is 0 Å². The molecule has 0 aliphatic carbocycles. The van der Waals surface area contributed by atoms with Gasteiger partial charge in [0.15, 0.2) is 0 Å². The number of hydrogen-bond acceptors (Lipinski definition) is 2. The van der Waals surface area contributed by atoms with Crippen molar-refractivity contribution in [2.45, 2.75) is 6.92 Å². The molecule has 5 heteroatoms. The molecule has 3 nitrogen and oxygen atoms in total. The highest BCUT2D eigenvalue weighted by molar-refractivity contribution is 7.80. The molecule has 0 saturated carbocycles. The van der Waals surface area contributed by atoms with Gasteiger partial charge in [-0.05, 0) is 30.7 Å². The van der Waals surface area contributed by atoms with Gasteiger partial charge in [-0.1, -0.05) is 11.6 Å². The number of nitrogens with one attached hydrogen (secondary N) is 1. The van der Waals surface area contributed by atoms with Crippen LogP contribution >= 0.6 is 11.6 Å². The highest BCUT2D eigenvalue weighted by Crippen LogP contribution is 2.19. The summed E-state index contributed by atoms with van der Waals surface area (Å²) >= 11 is 3.40. The Balaban J connectivity index is 2.93. The zero-order valence-electron chi connectivity index (χ0n) is 6.33. The molecule has 0 heterocycles. The maximum Gasteiger partial charge on any atom is 0.0482 e. The minimum Gasteiger partial charge on any atom is -0.755 e. The Kier molecular flexibility index (Phi) is 3.08. The summed E-state index contributed by atoms with van der Waals surface area (Å²) in [6.07, 6.45) is 0. The predicted octanol–water partition coefficient (Wildman–Crippen LogP) is 1.85. The smallest absolute Gasteiger partial charge is 0.0482 e. The third-order valence-electron chi connectivity index (χ3n) is 1.38. The van der Waals surface area contributed by atoms with Crippen LogP contribution < -0.4 is 4.72 Å². The number of benzene rings is 1. The molecule has 1 N–H and O–H groups in total. The van der Waals surface area contributed by atoms with E-state index >= 15 is 0 Å². The maximum atomic E-state index is 10.3. The van der Waals surface area contributed by atoms with Crippen LogP contribution in [0.1, 0.15) is 5.56 Å². The first-order chi connectivity index (χ1) is 5.59. The molecule has 0 fully saturated rings. The van der Waals surface area contributed by atoms with Crippen molar-refractivity contribution in [1.82, 2.24) is 0 Å². The number of rotatable bonds is 2. The summed E-state index contributed by atoms with van der Waals surface area (Å²) in [4.78, 5) is 0. The van der Waals surface area contributed by atoms with E-state index in [1.54, 1.807) is 25.1 Å². The van der Waals surface area contributed by atoms with E-state index in [-0.39, 0.29) is 0 Å². The quantitative estimate of drug-likeness (QED) is 0.748. The van der Waals surface area contributed by atoms with Crippen LogP contribution in [0, 0.1) is 6.92 Å². The number of anilines is 1. The molecule has 66 valence electrons.